The lowest BCUT2D eigenvalue weighted by Crippen LogP contribution is -2.02. The first-order valence-corrected chi connectivity index (χ1v) is 3.20. The third-order valence-electron chi connectivity index (χ3n) is 1.29. The van der Waals surface area contributed by atoms with Crippen LogP contribution in [-0.2, 0) is 12.6 Å². The average Bonchev–Trinajstić information content (AvgIpc) is 2.32. The van der Waals surface area contributed by atoms with E-state index in [9.17, 15) is 13.2 Å². The van der Waals surface area contributed by atoms with Crippen LogP contribution in [0.4, 0.5) is 13.2 Å². The lowest BCUT2D eigenvalue weighted by atomic mass is 10.3. The fourth-order valence-electron chi connectivity index (χ4n) is 0.720. The molecule has 0 saturated carbocycles. The van der Waals surface area contributed by atoms with Gasteiger partial charge in [0.15, 0.2) is 0 Å². The molecule has 1 rings (SSSR count). The summed E-state index contributed by atoms with van der Waals surface area (Å²) in [6.07, 6.45) is -3.87. The van der Waals surface area contributed by atoms with Gasteiger partial charge in [-0.1, -0.05) is 6.92 Å². The van der Waals surface area contributed by atoms with E-state index in [1.165, 1.54) is 6.07 Å². The maximum absolute atomic E-state index is 11.8. The van der Waals surface area contributed by atoms with Crippen LogP contribution < -0.4 is 0 Å². The van der Waals surface area contributed by atoms with E-state index in [0.29, 0.717) is 12.2 Å². The number of hydrogen-bond donors (Lipinski definition) is 0. The highest BCUT2D eigenvalue weighted by Gasteiger charge is 2.34. The molecule has 1 nitrogen and oxygen atoms in total. The molecule has 0 bridgehead atoms. The molecule has 1 heterocycles. The zero-order valence-electron chi connectivity index (χ0n) is 5.90. The summed E-state index contributed by atoms with van der Waals surface area (Å²) in [7, 11) is 0. The zero-order chi connectivity index (χ0) is 8.48. The fraction of sp³-hybridized carbons (Fsp3) is 0.429. The Morgan fingerprint density at radius 3 is 2.27 bits per heavy atom. The van der Waals surface area contributed by atoms with E-state index < -0.39 is 11.9 Å². The van der Waals surface area contributed by atoms with Crippen LogP contribution in [-0.4, -0.2) is 0 Å². The fourth-order valence-corrected chi connectivity index (χ4v) is 0.720. The molecule has 0 aromatic carbocycles. The maximum atomic E-state index is 11.8. The Balaban J connectivity index is 2.89. The first-order chi connectivity index (χ1) is 5.04. The second-order valence-electron chi connectivity index (χ2n) is 2.12. The Labute approximate surface area is 61.8 Å². The number of alkyl halides is 3. The molecular formula is C7H7F3O. The van der Waals surface area contributed by atoms with Crippen molar-refractivity contribution in [2.45, 2.75) is 19.5 Å². The third-order valence-corrected chi connectivity index (χ3v) is 1.29. The van der Waals surface area contributed by atoms with Gasteiger partial charge in [0.05, 0.1) is 0 Å². The van der Waals surface area contributed by atoms with E-state index >= 15 is 0 Å². The minimum atomic E-state index is -4.35. The van der Waals surface area contributed by atoms with Gasteiger partial charge in [0.1, 0.15) is 5.76 Å². The largest absolute Gasteiger partial charge is 0.457 e. The van der Waals surface area contributed by atoms with Crippen molar-refractivity contribution in [1.29, 1.82) is 0 Å². The van der Waals surface area contributed by atoms with Gasteiger partial charge in [-0.25, -0.2) is 0 Å². The number of halogens is 3. The standard InChI is InChI=1S/C7H7F3O/c1-2-5-3-4-6(11-5)7(8,9)10/h3-4H,2H2,1H3. The average molecular weight is 164 g/mol. The molecule has 11 heavy (non-hydrogen) atoms. The Kier molecular flexibility index (Phi) is 1.93. The normalized spacial score (nSPS) is 12.0. The van der Waals surface area contributed by atoms with Crippen LogP contribution in [0.5, 0.6) is 0 Å². The van der Waals surface area contributed by atoms with Crippen molar-refractivity contribution in [2.75, 3.05) is 0 Å². The molecule has 1 aromatic heterocycles. The molecule has 0 aliphatic heterocycles. The molecule has 4 heteroatoms. The molecule has 0 atom stereocenters. The molecule has 0 saturated heterocycles. The SMILES string of the molecule is CCc1ccc(C(F)(F)F)o1. The van der Waals surface area contributed by atoms with Crippen LogP contribution in [0.25, 0.3) is 0 Å². The summed E-state index contributed by atoms with van der Waals surface area (Å²) in [6.45, 7) is 1.74. The number of furan rings is 1. The van der Waals surface area contributed by atoms with Crippen LogP contribution >= 0.6 is 0 Å². The molecule has 0 aliphatic carbocycles. The van der Waals surface area contributed by atoms with E-state index in [0.717, 1.165) is 6.07 Å². The highest BCUT2D eigenvalue weighted by molar-refractivity contribution is 5.09. The van der Waals surface area contributed by atoms with Crippen molar-refractivity contribution in [3.8, 4) is 0 Å². The lowest BCUT2D eigenvalue weighted by Gasteiger charge is -1.99. The van der Waals surface area contributed by atoms with Gasteiger partial charge >= 0.3 is 6.18 Å². The molecule has 0 unspecified atom stereocenters. The summed E-state index contributed by atoms with van der Waals surface area (Å²) in [5, 5.41) is 0. The number of aryl methyl sites for hydroxylation is 1. The van der Waals surface area contributed by atoms with Crippen molar-refractivity contribution in [3.05, 3.63) is 23.7 Å². The molecule has 0 radical (unpaired) electrons. The highest BCUT2D eigenvalue weighted by atomic mass is 19.4. The van der Waals surface area contributed by atoms with E-state index in [2.05, 4.69) is 4.42 Å². The zero-order valence-corrected chi connectivity index (χ0v) is 5.90. The molecule has 0 spiro atoms. The second-order valence-corrected chi connectivity index (χ2v) is 2.12. The van der Waals surface area contributed by atoms with Gasteiger partial charge in [0.25, 0.3) is 0 Å². The topological polar surface area (TPSA) is 13.1 Å². The first-order valence-electron chi connectivity index (χ1n) is 3.20. The van der Waals surface area contributed by atoms with Crippen LogP contribution in [0.15, 0.2) is 16.5 Å². The van der Waals surface area contributed by atoms with Crippen molar-refractivity contribution in [3.63, 3.8) is 0 Å². The summed E-state index contributed by atoms with van der Waals surface area (Å²) < 4.78 is 40.0. The van der Waals surface area contributed by atoms with Gasteiger partial charge in [0, 0.05) is 6.42 Å². The van der Waals surface area contributed by atoms with Crippen LogP contribution in [0.1, 0.15) is 18.4 Å². The second kappa shape index (κ2) is 2.60. The van der Waals surface area contributed by atoms with E-state index in [-0.39, 0.29) is 0 Å². The first kappa shape index (κ1) is 8.17. The Morgan fingerprint density at radius 2 is 2.00 bits per heavy atom. The summed E-state index contributed by atoms with van der Waals surface area (Å²) >= 11 is 0. The molecule has 0 fully saturated rings. The van der Waals surface area contributed by atoms with Crippen LogP contribution in [0, 0.1) is 0 Å². The van der Waals surface area contributed by atoms with E-state index in [4.69, 9.17) is 0 Å². The van der Waals surface area contributed by atoms with Gasteiger partial charge in [-0.05, 0) is 12.1 Å². The predicted molar refractivity (Wildman–Crippen MR) is 33.1 cm³/mol. The molecular weight excluding hydrogens is 157 g/mol. The molecule has 0 N–H and O–H groups in total. The van der Waals surface area contributed by atoms with Crippen molar-refractivity contribution >= 4 is 0 Å². The smallest absolute Gasteiger partial charge is 0.449 e. The van der Waals surface area contributed by atoms with Gasteiger partial charge in [-0.2, -0.15) is 13.2 Å². The summed E-state index contributed by atoms with van der Waals surface area (Å²) in [6, 6.07) is 2.28. The quantitative estimate of drug-likeness (QED) is 0.622. The Bertz CT molecular complexity index is 236. The van der Waals surface area contributed by atoms with Gasteiger partial charge in [-0.15, -0.1) is 0 Å². The van der Waals surface area contributed by atoms with Crippen LogP contribution in [0.2, 0.25) is 0 Å². The van der Waals surface area contributed by atoms with E-state index in [1.54, 1.807) is 6.92 Å². The summed E-state index contributed by atoms with van der Waals surface area (Å²) in [5.74, 6) is -0.563. The van der Waals surface area contributed by atoms with Crippen molar-refractivity contribution < 1.29 is 17.6 Å². The molecule has 62 valence electrons. The molecule has 0 amide bonds. The number of hydrogen-bond acceptors (Lipinski definition) is 1. The minimum absolute atomic E-state index is 0.359. The molecule has 0 aliphatic rings. The Hall–Kier alpha value is -0.930. The summed E-state index contributed by atoms with van der Waals surface area (Å²) in [4.78, 5) is 0. The lowest BCUT2D eigenvalue weighted by molar-refractivity contribution is -0.153. The van der Waals surface area contributed by atoms with Gasteiger partial charge < -0.3 is 4.42 Å². The minimum Gasteiger partial charge on any atom is -0.457 e. The van der Waals surface area contributed by atoms with Gasteiger partial charge in [-0.3, -0.25) is 0 Å². The van der Waals surface area contributed by atoms with Crippen LogP contribution in [0.3, 0.4) is 0 Å². The van der Waals surface area contributed by atoms with Gasteiger partial charge in [0.2, 0.25) is 5.76 Å². The Morgan fingerprint density at radius 1 is 1.36 bits per heavy atom. The van der Waals surface area contributed by atoms with E-state index in [1.807, 2.05) is 0 Å². The van der Waals surface area contributed by atoms with Crippen molar-refractivity contribution in [2.24, 2.45) is 0 Å². The predicted octanol–water partition coefficient (Wildman–Crippen LogP) is 2.86. The monoisotopic (exact) mass is 164 g/mol. The summed E-state index contributed by atoms with van der Waals surface area (Å²) in [5.41, 5.74) is 0. The third kappa shape index (κ3) is 1.76. The highest BCUT2D eigenvalue weighted by Crippen LogP contribution is 2.30. The number of rotatable bonds is 1. The maximum Gasteiger partial charge on any atom is 0.449 e. The van der Waals surface area contributed by atoms with Crippen molar-refractivity contribution in [1.82, 2.24) is 0 Å². The molecule has 1 aromatic rings.